The number of benzene rings is 1. The molecule has 166 valence electrons. The van der Waals surface area contributed by atoms with Crippen molar-refractivity contribution in [1.29, 1.82) is 0 Å². The van der Waals surface area contributed by atoms with E-state index >= 15 is 0 Å². The van der Waals surface area contributed by atoms with Gasteiger partial charge in [0.1, 0.15) is 5.82 Å². The summed E-state index contributed by atoms with van der Waals surface area (Å²) in [4.78, 5) is 31.9. The first kappa shape index (κ1) is 22.0. The third-order valence-electron chi connectivity index (χ3n) is 5.86. The zero-order chi connectivity index (χ0) is 22.0. The van der Waals surface area contributed by atoms with Crippen molar-refractivity contribution in [3.63, 3.8) is 0 Å². The highest BCUT2D eigenvalue weighted by atomic mass is 32.2. The molecule has 3 heterocycles. The van der Waals surface area contributed by atoms with Gasteiger partial charge in [0.15, 0.2) is 10.9 Å². The van der Waals surface area contributed by atoms with Crippen molar-refractivity contribution in [1.82, 2.24) is 14.5 Å². The second kappa shape index (κ2) is 9.10. The number of halogens is 1. The van der Waals surface area contributed by atoms with Crippen LogP contribution in [-0.4, -0.2) is 58.2 Å². The first-order valence-electron chi connectivity index (χ1n) is 10.4. The summed E-state index contributed by atoms with van der Waals surface area (Å²) in [6.45, 7) is 4.21. The van der Waals surface area contributed by atoms with Gasteiger partial charge in [-0.25, -0.2) is 9.37 Å². The molecule has 7 nitrogen and oxygen atoms in total. The number of rotatable bonds is 5. The predicted molar refractivity (Wildman–Crippen MR) is 115 cm³/mol. The molecule has 2 aliphatic rings. The molecule has 0 atom stereocenters. The molecular weight excluding hydrogens is 421 g/mol. The SMILES string of the molecule is Cc1nc(SCC(=O)N2CCC3(CC2)OCCO3)n(C)c(=O)c1Cc1ccc(F)cc1. The summed E-state index contributed by atoms with van der Waals surface area (Å²) >= 11 is 1.27. The maximum Gasteiger partial charge on any atom is 0.257 e. The molecule has 0 radical (unpaired) electrons. The van der Waals surface area contributed by atoms with E-state index in [1.807, 2.05) is 4.90 Å². The largest absolute Gasteiger partial charge is 0.347 e. The molecule has 0 bridgehead atoms. The summed E-state index contributed by atoms with van der Waals surface area (Å²) in [5.74, 6) is -0.589. The van der Waals surface area contributed by atoms with Gasteiger partial charge in [0.2, 0.25) is 5.91 Å². The molecule has 0 aliphatic carbocycles. The van der Waals surface area contributed by atoms with Gasteiger partial charge >= 0.3 is 0 Å². The van der Waals surface area contributed by atoms with Crippen LogP contribution in [0.5, 0.6) is 0 Å². The van der Waals surface area contributed by atoms with Gasteiger partial charge in [-0.1, -0.05) is 23.9 Å². The van der Waals surface area contributed by atoms with Crippen molar-refractivity contribution in [2.75, 3.05) is 32.1 Å². The monoisotopic (exact) mass is 447 g/mol. The third-order valence-corrected chi connectivity index (χ3v) is 6.87. The van der Waals surface area contributed by atoms with Gasteiger partial charge in [0, 0.05) is 50.7 Å². The van der Waals surface area contributed by atoms with Crippen LogP contribution in [0.15, 0.2) is 34.2 Å². The lowest BCUT2D eigenvalue weighted by molar-refractivity contribution is -0.186. The van der Waals surface area contributed by atoms with Crippen LogP contribution < -0.4 is 5.56 Å². The van der Waals surface area contributed by atoms with Crippen LogP contribution in [-0.2, 0) is 27.7 Å². The van der Waals surface area contributed by atoms with Crippen molar-refractivity contribution in [3.05, 3.63) is 57.3 Å². The summed E-state index contributed by atoms with van der Waals surface area (Å²) < 4.78 is 26.0. The molecule has 31 heavy (non-hydrogen) atoms. The van der Waals surface area contributed by atoms with Crippen LogP contribution in [0.25, 0.3) is 0 Å². The Morgan fingerprint density at radius 3 is 2.48 bits per heavy atom. The zero-order valence-electron chi connectivity index (χ0n) is 17.7. The molecule has 0 unspecified atom stereocenters. The Bertz CT molecular complexity index is 1010. The smallest absolute Gasteiger partial charge is 0.257 e. The molecule has 0 N–H and O–H groups in total. The summed E-state index contributed by atoms with van der Waals surface area (Å²) in [6, 6.07) is 6.09. The van der Waals surface area contributed by atoms with E-state index in [1.165, 1.54) is 28.5 Å². The number of piperidine rings is 1. The highest BCUT2D eigenvalue weighted by Gasteiger charge is 2.40. The van der Waals surface area contributed by atoms with E-state index in [1.54, 1.807) is 26.1 Å². The Hall–Kier alpha value is -2.23. The minimum Gasteiger partial charge on any atom is -0.347 e. The molecule has 2 fully saturated rings. The molecule has 9 heteroatoms. The van der Waals surface area contributed by atoms with Crippen molar-refractivity contribution in [2.45, 2.75) is 37.1 Å². The topological polar surface area (TPSA) is 73.7 Å². The summed E-state index contributed by atoms with van der Waals surface area (Å²) in [7, 11) is 1.66. The first-order valence-corrected chi connectivity index (χ1v) is 11.3. The Morgan fingerprint density at radius 1 is 1.19 bits per heavy atom. The molecule has 2 aliphatic heterocycles. The fourth-order valence-corrected chi connectivity index (χ4v) is 4.88. The fraction of sp³-hybridized carbons (Fsp3) is 0.500. The van der Waals surface area contributed by atoms with Crippen LogP contribution in [0.4, 0.5) is 4.39 Å². The standard InChI is InChI=1S/C22H26FN3O4S/c1-15-18(13-16-3-5-17(23)6-4-16)20(28)25(2)21(24-15)31-14-19(27)26-9-7-22(8-10-26)29-11-12-30-22/h3-6H,7-14H2,1-2H3. The van der Waals surface area contributed by atoms with Gasteiger partial charge in [-0.2, -0.15) is 0 Å². The van der Waals surface area contributed by atoms with Gasteiger partial charge in [0.25, 0.3) is 5.56 Å². The van der Waals surface area contributed by atoms with Crippen LogP contribution in [0.2, 0.25) is 0 Å². The first-order chi connectivity index (χ1) is 14.9. The minimum absolute atomic E-state index is 0.0140. The molecule has 1 spiro atoms. The summed E-state index contributed by atoms with van der Waals surface area (Å²) in [6.07, 6.45) is 1.74. The van der Waals surface area contributed by atoms with Gasteiger partial charge in [-0.05, 0) is 24.6 Å². The highest BCUT2D eigenvalue weighted by Crippen LogP contribution is 2.31. The number of likely N-dealkylation sites (tertiary alicyclic amines) is 1. The lowest BCUT2D eigenvalue weighted by Crippen LogP contribution is -2.47. The minimum atomic E-state index is -0.507. The number of ether oxygens (including phenoxy) is 2. The number of aromatic nitrogens is 2. The molecule has 4 rings (SSSR count). The van der Waals surface area contributed by atoms with E-state index in [0.29, 0.717) is 62.0 Å². The van der Waals surface area contributed by atoms with Crippen LogP contribution >= 0.6 is 11.8 Å². The van der Waals surface area contributed by atoms with Crippen LogP contribution in [0, 0.1) is 12.7 Å². The summed E-state index contributed by atoms with van der Waals surface area (Å²) in [5, 5.41) is 0.509. The van der Waals surface area contributed by atoms with E-state index in [4.69, 9.17) is 9.47 Å². The number of carbonyl (C=O) groups is 1. The molecule has 0 saturated carbocycles. The van der Waals surface area contributed by atoms with Gasteiger partial charge in [0.05, 0.1) is 19.0 Å². The van der Waals surface area contributed by atoms with Crippen molar-refractivity contribution in [2.24, 2.45) is 7.05 Å². The quantitative estimate of drug-likeness (QED) is 0.517. The lowest BCUT2D eigenvalue weighted by Gasteiger charge is -2.37. The number of nitrogens with zero attached hydrogens (tertiary/aromatic N) is 3. The molecule has 1 amide bonds. The maximum absolute atomic E-state index is 13.1. The second-order valence-electron chi connectivity index (χ2n) is 7.90. The molecule has 1 aromatic carbocycles. The lowest BCUT2D eigenvalue weighted by atomic mass is 10.0. The second-order valence-corrected chi connectivity index (χ2v) is 8.85. The summed E-state index contributed by atoms with van der Waals surface area (Å²) in [5.41, 5.74) is 1.89. The van der Waals surface area contributed by atoms with Crippen molar-refractivity contribution >= 4 is 17.7 Å². The van der Waals surface area contributed by atoms with E-state index in [9.17, 15) is 14.0 Å². The van der Waals surface area contributed by atoms with E-state index in [0.717, 1.165) is 5.56 Å². The Morgan fingerprint density at radius 2 is 1.84 bits per heavy atom. The predicted octanol–water partition coefficient (Wildman–Crippen LogP) is 2.28. The van der Waals surface area contributed by atoms with Gasteiger partial charge in [-0.15, -0.1) is 0 Å². The number of carbonyl (C=O) groups excluding carboxylic acids is 1. The Balaban J connectivity index is 1.39. The number of amides is 1. The van der Waals surface area contributed by atoms with Crippen LogP contribution in [0.3, 0.4) is 0 Å². The Kier molecular flexibility index (Phi) is 6.45. The number of aryl methyl sites for hydroxylation is 1. The van der Waals surface area contributed by atoms with Gasteiger partial charge in [-0.3, -0.25) is 14.2 Å². The normalized spacial score (nSPS) is 18.0. The van der Waals surface area contributed by atoms with Crippen LogP contribution in [0.1, 0.15) is 29.7 Å². The van der Waals surface area contributed by atoms with E-state index in [-0.39, 0.29) is 23.0 Å². The maximum atomic E-state index is 13.1. The van der Waals surface area contributed by atoms with E-state index in [2.05, 4.69) is 4.98 Å². The third kappa shape index (κ3) is 4.83. The average Bonchev–Trinajstić information content (AvgIpc) is 3.22. The van der Waals surface area contributed by atoms with E-state index < -0.39 is 5.79 Å². The average molecular weight is 448 g/mol. The zero-order valence-corrected chi connectivity index (χ0v) is 18.5. The molecule has 1 aromatic heterocycles. The van der Waals surface area contributed by atoms with Crippen molar-refractivity contribution < 1.29 is 18.7 Å². The van der Waals surface area contributed by atoms with Gasteiger partial charge < -0.3 is 14.4 Å². The molecule has 2 saturated heterocycles. The number of hydrogen-bond donors (Lipinski definition) is 0. The highest BCUT2D eigenvalue weighted by molar-refractivity contribution is 7.99. The molecule has 2 aromatic rings. The molecular formula is C22H26FN3O4S. The Labute approximate surface area is 184 Å². The number of thioether (sulfide) groups is 1. The fourth-order valence-electron chi connectivity index (χ4n) is 3.97. The van der Waals surface area contributed by atoms with Crippen molar-refractivity contribution in [3.8, 4) is 0 Å². The number of hydrogen-bond acceptors (Lipinski definition) is 6.